The van der Waals surface area contributed by atoms with Crippen LogP contribution in [0.15, 0.2) is 28.8 Å². The van der Waals surface area contributed by atoms with Crippen molar-refractivity contribution >= 4 is 0 Å². The molecule has 3 rings (SSSR count). The number of aromatic nitrogens is 1. The summed E-state index contributed by atoms with van der Waals surface area (Å²) in [7, 11) is 1.85. The molecule has 1 aliphatic heterocycles. The molecule has 0 aliphatic carbocycles. The fraction of sp³-hybridized carbons (Fsp3) is 0.308. The van der Waals surface area contributed by atoms with Crippen molar-refractivity contribution in [3.8, 4) is 22.8 Å². The first-order chi connectivity index (χ1) is 8.88. The number of nitrogens with one attached hydrogen (secondary N) is 1. The molecule has 0 saturated carbocycles. The van der Waals surface area contributed by atoms with Crippen LogP contribution in [0, 0.1) is 0 Å². The van der Waals surface area contributed by atoms with Crippen LogP contribution in [-0.2, 0) is 6.54 Å². The van der Waals surface area contributed by atoms with E-state index in [0.717, 1.165) is 17.1 Å². The molecular formula is C13H14N2O3. The number of oxazole rings is 1. The largest absolute Gasteiger partial charge is 0.486 e. The van der Waals surface area contributed by atoms with Gasteiger partial charge in [0.05, 0.1) is 18.3 Å². The average molecular weight is 246 g/mol. The van der Waals surface area contributed by atoms with Crippen molar-refractivity contribution in [3.05, 3.63) is 30.3 Å². The predicted molar refractivity (Wildman–Crippen MR) is 65.7 cm³/mol. The minimum atomic E-state index is 0.557. The smallest absolute Gasteiger partial charge is 0.208 e. The lowest BCUT2D eigenvalue weighted by Crippen LogP contribution is -2.15. The van der Waals surface area contributed by atoms with E-state index in [-0.39, 0.29) is 0 Å². The third-order valence-corrected chi connectivity index (χ3v) is 2.71. The minimum absolute atomic E-state index is 0.557. The highest BCUT2D eigenvalue weighted by Crippen LogP contribution is 2.39. The summed E-state index contributed by atoms with van der Waals surface area (Å²) in [5.41, 5.74) is 0.877. The van der Waals surface area contributed by atoms with Crippen molar-refractivity contribution in [3.63, 3.8) is 0 Å². The standard InChI is InChI=1S/C13H14N2O3/c1-14-8-12-15-7-11(18-12)9-3-2-4-10-13(9)17-6-5-16-10/h2-4,7,14H,5-6,8H2,1H3. The summed E-state index contributed by atoms with van der Waals surface area (Å²) in [5.74, 6) is 2.84. The SMILES string of the molecule is CNCc1ncc(-c2cccc3c2OCCO3)o1. The van der Waals surface area contributed by atoms with E-state index < -0.39 is 0 Å². The molecule has 0 radical (unpaired) electrons. The molecule has 0 amide bonds. The van der Waals surface area contributed by atoms with Crippen molar-refractivity contribution < 1.29 is 13.9 Å². The van der Waals surface area contributed by atoms with Crippen LogP contribution < -0.4 is 14.8 Å². The van der Waals surface area contributed by atoms with Crippen LogP contribution in [0.4, 0.5) is 0 Å². The van der Waals surface area contributed by atoms with Crippen molar-refractivity contribution in [2.45, 2.75) is 6.54 Å². The molecular weight excluding hydrogens is 232 g/mol. The molecule has 94 valence electrons. The Labute approximate surface area is 105 Å². The van der Waals surface area contributed by atoms with Gasteiger partial charge in [0.25, 0.3) is 0 Å². The van der Waals surface area contributed by atoms with Crippen molar-refractivity contribution in [2.75, 3.05) is 20.3 Å². The van der Waals surface area contributed by atoms with Crippen LogP contribution in [0.3, 0.4) is 0 Å². The first-order valence-electron chi connectivity index (χ1n) is 5.87. The fourth-order valence-corrected chi connectivity index (χ4v) is 1.94. The highest BCUT2D eigenvalue weighted by Gasteiger charge is 2.19. The topological polar surface area (TPSA) is 56.5 Å². The number of ether oxygens (including phenoxy) is 2. The summed E-state index contributed by atoms with van der Waals surface area (Å²) in [6, 6.07) is 5.75. The Morgan fingerprint density at radius 3 is 3.06 bits per heavy atom. The summed E-state index contributed by atoms with van der Waals surface area (Å²) in [5, 5.41) is 3.00. The lowest BCUT2D eigenvalue weighted by molar-refractivity contribution is 0.172. The van der Waals surface area contributed by atoms with Gasteiger partial charge >= 0.3 is 0 Å². The lowest BCUT2D eigenvalue weighted by atomic mass is 10.1. The van der Waals surface area contributed by atoms with Crippen molar-refractivity contribution in [1.29, 1.82) is 0 Å². The molecule has 18 heavy (non-hydrogen) atoms. The molecule has 0 bridgehead atoms. The number of nitrogens with zero attached hydrogens (tertiary/aromatic N) is 1. The zero-order valence-corrected chi connectivity index (χ0v) is 10.1. The molecule has 0 saturated heterocycles. The van der Waals surface area contributed by atoms with E-state index in [9.17, 15) is 0 Å². The van der Waals surface area contributed by atoms with Crippen LogP contribution in [-0.4, -0.2) is 25.2 Å². The molecule has 0 fully saturated rings. The number of hydrogen-bond acceptors (Lipinski definition) is 5. The van der Waals surface area contributed by atoms with Gasteiger partial charge in [0, 0.05) is 0 Å². The summed E-state index contributed by atoms with van der Waals surface area (Å²) in [4.78, 5) is 4.21. The molecule has 5 nitrogen and oxygen atoms in total. The maximum Gasteiger partial charge on any atom is 0.208 e. The van der Waals surface area contributed by atoms with Gasteiger partial charge in [-0.2, -0.15) is 0 Å². The fourth-order valence-electron chi connectivity index (χ4n) is 1.94. The third kappa shape index (κ3) is 1.93. The van der Waals surface area contributed by atoms with Crippen LogP contribution in [0.5, 0.6) is 11.5 Å². The summed E-state index contributed by atoms with van der Waals surface area (Å²) < 4.78 is 16.9. The van der Waals surface area contributed by atoms with E-state index in [1.165, 1.54) is 0 Å². The number of benzene rings is 1. The highest BCUT2D eigenvalue weighted by atomic mass is 16.6. The average Bonchev–Trinajstić information content (AvgIpc) is 2.87. The Morgan fingerprint density at radius 1 is 1.28 bits per heavy atom. The Hall–Kier alpha value is -2.01. The van der Waals surface area contributed by atoms with Crippen molar-refractivity contribution in [1.82, 2.24) is 10.3 Å². The number of hydrogen-bond donors (Lipinski definition) is 1. The summed E-state index contributed by atoms with van der Waals surface area (Å²) in [6.45, 7) is 1.74. The first kappa shape index (κ1) is 11.1. The zero-order chi connectivity index (χ0) is 12.4. The second-order valence-corrected chi connectivity index (χ2v) is 3.98. The second kappa shape index (κ2) is 4.70. The number of rotatable bonds is 3. The Kier molecular flexibility index (Phi) is 2.90. The normalized spacial score (nSPS) is 13.6. The molecule has 0 unspecified atom stereocenters. The Balaban J connectivity index is 2.00. The molecule has 1 aliphatic rings. The van der Waals surface area contributed by atoms with Gasteiger partial charge in [0.1, 0.15) is 13.2 Å². The number of fused-ring (bicyclic) bond motifs is 1. The summed E-state index contributed by atoms with van der Waals surface area (Å²) >= 11 is 0. The lowest BCUT2D eigenvalue weighted by Gasteiger charge is -2.19. The van der Waals surface area contributed by atoms with Gasteiger partial charge in [0.15, 0.2) is 17.3 Å². The Bertz CT molecular complexity index is 551. The monoisotopic (exact) mass is 246 g/mol. The van der Waals surface area contributed by atoms with Gasteiger partial charge in [-0.15, -0.1) is 0 Å². The van der Waals surface area contributed by atoms with Gasteiger partial charge in [-0.25, -0.2) is 4.98 Å². The van der Waals surface area contributed by atoms with Gasteiger partial charge in [-0.3, -0.25) is 0 Å². The molecule has 1 N–H and O–H groups in total. The van der Waals surface area contributed by atoms with Crippen LogP contribution in [0.2, 0.25) is 0 Å². The molecule has 0 atom stereocenters. The minimum Gasteiger partial charge on any atom is -0.486 e. The van der Waals surface area contributed by atoms with Gasteiger partial charge in [-0.05, 0) is 19.2 Å². The Morgan fingerprint density at radius 2 is 2.17 bits per heavy atom. The zero-order valence-electron chi connectivity index (χ0n) is 10.1. The van der Waals surface area contributed by atoms with Crippen LogP contribution >= 0.6 is 0 Å². The maximum atomic E-state index is 5.67. The van der Waals surface area contributed by atoms with E-state index in [1.54, 1.807) is 6.20 Å². The molecule has 2 heterocycles. The quantitative estimate of drug-likeness (QED) is 0.895. The molecule has 5 heteroatoms. The third-order valence-electron chi connectivity index (χ3n) is 2.71. The van der Waals surface area contributed by atoms with E-state index in [4.69, 9.17) is 13.9 Å². The van der Waals surface area contributed by atoms with E-state index in [2.05, 4.69) is 10.3 Å². The first-order valence-corrected chi connectivity index (χ1v) is 5.87. The molecule has 1 aromatic heterocycles. The predicted octanol–water partition coefficient (Wildman–Crippen LogP) is 1.83. The number of para-hydroxylation sites is 1. The van der Waals surface area contributed by atoms with Crippen LogP contribution in [0.1, 0.15) is 5.89 Å². The second-order valence-electron chi connectivity index (χ2n) is 3.98. The van der Waals surface area contributed by atoms with Gasteiger partial charge < -0.3 is 19.2 Å². The maximum absolute atomic E-state index is 5.67. The molecule has 2 aromatic rings. The van der Waals surface area contributed by atoms with E-state index >= 15 is 0 Å². The van der Waals surface area contributed by atoms with E-state index in [0.29, 0.717) is 31.4 Å². The van der Waals surface area contributed by atoms with Gasteiger partial charge in [0.2, 0.25) is 5.89 Å². The molecule has 0 spiro atoms. The van der Waals surface area contributed by atoms with E-state index in [1.807, 2.05) is 25.2 Å². The van der Waals surface area contributed by atoms with Crippen LogP contribution in [0.25, 0.3) is 11.3 Å². The van der Waals surface area contributed by atoms with Crippen molar-refractivity contribution in [2.24, 2.45) is 0 Å². The highest BCUT2D eigenvalue weighted by molar-refractivity contribution is 5.69. The molecule has 1 aromatic carbocycles. The van der Waals surface area contributed by atoms with Gasteiger partial charge in [-0.1, -0.05) is 6.07 Å². The summed E-state index contributed by atoms with van der Waals surface area (Å²) in [6.07, 6.45) is 1.71.